The van der Waals surface area contributed by atoms with Gasteiger partial charge in [-0.2, -0.15) is 0 Å². The molecule has 8 nitrogen and oxygen atoms in total. The molecule has 3 rings (SSSR count). The molecule has 1 heterocycles. The second-order valence-corrected chi connectivity index (χ2v) is 7.52. The van der Waals surface area contributed by atoms with E-state index in [0.717, 1.165) is 18.7 Å². The van der Waals surface area contributed by atoms with Crippen molar-refractivity contribution in [3.63, 3.8) is 0 Å². The van der Waals surface area contributed by atoms with Gasteiger partial charge >= 0.3 is 0 Å². The third-order valence-electron chi connectivity index (χ3n) is 5.54. The first-order valence-corrected chi connectivity index (χ1v) is 11.3. The van der Waals surface area contributed by atoms with Gasteiger partial charge in [-0.05, 0) is 49.7 Å². The maximum absolute atomic E-state index is 13.0. The molecule has 0 aliphatic carbocycles. The van der Waals surface area contributed by atoms with Crippen LogP contribution in [-0.2, 0) is 4.74 Å². The van der Waals surface area contributed by atoms with Crippen molar-refractivity contribution in [2.75, 3.05) is 60.3 Å². The number of hydrogen-bond donors (Lipinski definition) is 1. The molecule has 0 saturated carbocycles. The van der Waals surface area contributed by atoms with Gasteiger partial charge in [0.2, 0.25) is 0 Å². The van der Waals surface area contributed by atoms with Crippen LogP contribution in [0.15, 0.2) is 36.4 Å². The predicted octanol–water partition coefficient (Wildman–Crippen LogP) is 3.30. The second kappa shape index (κ2) is 12.3. The van der Waals surface area contributed by atoms with Gasteiger partial charge in [-0.1, -0.05) is 6.07 Å². The quantitative estimate of drug-likeness (QED) is 0.554. The molecule has 1 N–H and O–H groups in total. The summed E-state index contributed by atoms with van der Waals surface area (Å²) in [4.78, 5) is 15.3. The van der Waals surface area contributed by atoms with Gasteiger partial charge in [0.25, 0.3) is 5.91 Å². The highest BCUT2D eigenvalue weighted by Crippen LogP contribution is 2.33. The highest BCUT2D eigenvalue weighted by atomic mass is 16.5. The van der Waals surface area contributed by atoms with Crippen molar-refractivity contribution in [3.05, 3.63) is 47.5 Å². The first kappa shape index (κ1) is 24.7. The van der Waals surface area contributed by atoms with Crippen LogP contribution in [-0.4, -0.2) is 71.1 Å². The summed E-state index contributed by atoms with van der Waals surface area (Å²) in [5, 5.41) is 3.09. The summed E-state index contributed by atoms with van der Waals surface area (Å²) >= 11 is 0. The zero-order chi connectivity index (χ0) is 23.6. The minimum absolute atomic E-state index is 0.0352. The van der Waals surface area contributed by atoms with Crippen LogP contribution in [0.2, 0.25) is 0 Å². The molecule has 0 aromatic heterocycles. The fraction of sp³-hybridized carbons (Fsp3) is 0.480. The molecule has 0 bridgehead atoms. The van der Waals surface area contributed by atoms with Gasteiger partial charge in [0.15, 0.2) is 23.0 Å². The average molecular weight is 459 g/mol. The summed E-state index contributed by atoms with van der Waals surface area (Å²) in [5.41, 5.74) is 1.56. The number of methoxy groups -OCH3 is 2. The lowest BCUT2D eigenvalue weighted by Crippen LogP contribution is -2.43. The van der Waals surface area contributed by atoms with E-state index < -0.39 is 0 Å². The number of nitrogens with zero attached hydrogens (tertiary/aromatic N) is 1. The molecular formula is C25H34N2O6. The van der Waals surface area contributed by atoms with Crippen LogP contribution in [0, 0.1) is 0 Å². The Balaban J connectivity index is 1.80. The van der Waals surface area contributed by atoms with E-state index in [1.54, 1.807) is 32.4 Å². The fourth-order valence-corrected chi connectivity index (χ4v) is 3.89. The zero-order valence-electron chi connectivity index (χ0n) is 19.9. The monoisotopic (exact) mass is 458 g/mol. The molecule has 1 saturated heterocycles. The van der Waals surface area contributed by atoms with Crippen LogP contribution in [0.5, 0.6) is 23.0 Å². The number of rotatable bonds is 11. The molecule has 1 aliphatic heterocycles. The number of nitrogens with one attached hydrogen (secondary N) is 1. The van der Waals surface area contributed by atoms with Crippen molar-refractivity contribution in [1.29, 1.82) is 0 Å². The Morgan fingerprint density at radius 2 is 1.61 bits per heavy atom. The van der Waals surface area contributed by atoms with Crippen LogP contribution < -0.4 is 24.3 Å². The normalized spacial score (nSPS) is 14.9. The Morgan fingerprint density at radius 3 is 2.27 bits per heavy atom. The first-order valence-electron chi connectivity index (χ1n) is 11.3. The van der Waals surface area contributed by atoms with E-state index in [2.05, 4.69) is 10.2 Å². The summed E-state index contributed by atoms with van der Waals surface area (Å²) < 4.78 is 27.7. The topological polar surface area (TPSA) is 78.5 Å². The van der Waals surface area contributed by atoms with Crippen molar-refractivity contribution in [2.45, 2.75) is 19.9 Å². The maximum Gasteiger partial charge on any atom is 0.251 e. The predicted molar refractivity (Wildman–Crippen MR) is 126 cm³/mol. The summed E-state index contributed by atoms with van der Waals surface area (Å²) in [6, 6.07) is 11.1. The SMILES string of the molecule is CCOc1ccc(C(CNC(=O)c2ccc(OC)c(OCC)c2)N2CCOCC2)cc1OC. The van der Waals surface area contributed by atoms with Crippen molar-refractivity contribution < 1.29 is 28.5 Å². The van der Waals surface area contributed by atoms with E-state index in [-0.39, 0.29) is 11.9 Å². The van der Waals surface area contributed by atoms with Crippen LogP contribution in [0.1, 0.15) is 35.8 Å². The standard InChI is InChI=1S/C25H34N2O6/c1-5-32-22-10-7-18(15-23(22)30-4)20(27-11-13-31-14-12-27)17-26-25(28)19-8-9-21(29-3)24(16-19)33-6-2/h7-10,15-16,20H,5-6,11-14,17H2,1-4H3,(H,26,28). The van der Waals surface area contributed by atoms with Gasteiger partial charge < -0.3 is 29.0 Å². The molecule has 1 fully saturated rings. The molecule has 1 atom stereocenters. The van der Waals surface area contributed by atoms with Gasteiger partial charge in [-0.3, -0.25) is 9.69 Å². The van der Waals surface area contributed by atoms with E-state index in [4.69, 9.17) is 23.7 Å². The summed E-state index contributed by atoms with van der Waals surface area (Å²) in [7, 11) is 3.21. The van der Waals surface area contributed by atoms with Crippen molar-refractivity contribution in [2.24, 2.45) is 0 Å². The van der Waals surface area contributed by atoms with Gasteiger partial charge in [-0.25, -0.2) is 0 Å². The first-order chi connectivity index (χ1) is 16.1. The number of hydrogen-bond acceptors (Lipinski definition) is 7. The highest BCUT2D eigenvalue weighted by molar-refractivity contribution is 5.94. The number of ether oxygens (including phenoxy) is 5. The maximum atomic E-state index is 13.0. The van der Waals surface area contributed by atoms with Gasteiger partial charge in [0.1, 0.15) is 0 Å². The highest BCUT2D eigenvalue weighted by Gasteiger charge is 2.25. The van der Waals surface area contributed by atoms with E-state index in [1.165, 1.54) is 0 Å². The molecule has 1 unspecified atom stereocenters. The third-order valence-corrected chi connectivity index (χ3v) is 5.54. The van der Waals surface area contributed by atoms with Crippen LogP contribution in [0.4, 0.5) is 0 Å². The van der Waals surface area contributed by atoms with Crippen molar-refractivity contribution in [1.82, 2.24) is 10.2 Å². The fourth-order valence-electron chi connectivity index (χ4n) is 3.89. The molecule has 180 valence electrons. The molecule has 1 amide bonds. The van der Waals surface area contributed by atoms with E-state index in [1.807, 2.05) is 32.0 Å². The molecule has 2 aromatic carbocycles. The minimum atomic E-state index is -0.172. The Hall–Kier alpha value is -2.97. The van der Waals surface area contributed by atoms with Crippen LogP contribution in [0.3, 0.4) is 0 Å². The molecule has 0 radical (unpaired) electrons. The Morgan fingerprint density at radius 1 is 0.939 bits per heavy atom. The number of morpholine rings is 1. The minimum Gasteiger partial charge on any atom is -0.493 e. The lowest BCUT2D eigenvalue weighted by molar-refractivity contribution is 0.0162. The van der Waals surface area contributed by atoms with Crippen LogP contribution >= 0.6 is 0 Å². The largest absolute Gasteiger partial charge is 0.493 e. The smallest absolute Gasteiger partial charge is 0.251 e. The lowest BCUT2D eigenvalue weighted by atomic mass is 10.0. The molecule has 0 spiro atoms. The van der Waals surface area contributed by atoms with E-state index in [0.29, 0.717) is 61.5 Å². The molecule has 33 heavy (non-hydrogen) atoms. The third kappa shape index (κ3) is 6.30. The van der Waals surface area contributed by atoms with Crippen molar-refractivity contribution >= 4 is 5.91 Å². The summed E-state index contributed by atoms with van der Waals surface area (Å²) in [5.74, 6) is 2.36. The number of benzene rings is 2. The van der Waals surface area contributed by atoms with E-state index >= 15 is 0 Å². The average Bonchev–Trinajstić information content (AvgIpc) is 2.85. The Labute approximate surface area is 195 Å². The number of carbonyl (C=O) groups excluding carboxylic acids is 1. The Kier molecular flexibility index (Phi) is 9.21. The van der Waals surface area contributed by atoms with Gasteiger partial charge in [0, 0.05) is 25.2 Å². The zero-order valence-corrected chi connectivity index (χ0v) is 19.9. The lowest BCUT2D eigenvalue weighted by Gasteiger charge is -2.35. The number of carbonyl (C=O) groups is 1. The Bertz CT molecular complexity index is 914. The number of amides is 1. The molecular weight excluding hydrogens is 424 g/mol. The van der Waals surface area contributed by atoms with Gasteiger partial charge in [-0.15, -0.1) is 0 Å². The van der Waals surface area contributed by atoms with Gasteiger partial charge in [0.05, 0.1) is 46.7 Å². The summed E-state index contributed by atoms with van der Waals surface area (Å²) in [6.45, 7) is 8.21. The molecule has 2 aromatic rings. The van der Waals surface area contributed by atoms with E-state index in [9.17, 15) is 4.79 Å². The van der Waals surface area contributed by atoms with Crippen molar-refractivity contribution in [3.8, 4) is 23.0 Å². The second-order valence-electron chi connectivity index (χ2n) is 7.52. The molecule has 1 aliphatic rings. The summed E-state index contributed by atoms with van der Waals surface area (Å²) in [6.07, 6.45) is 0. The molecule has 8 heteroatoms. The van der Waals surface area contributed by atoms with Crippen LogP contribution in [0.25, 0.3) is 0 Å².